The first kappa shape index (κ1) is 20.2. The minimum absolute atomic E-state index is 0.515. The molecule has 0 spiro atoms. The molecular weight excluding hydrogens is 374 g/mol. The number of aromatic nitrogens is 1. The lowest BCUT2D eigenvalue weighted by atomic mass is 10.0. The van der Waals surface area contributed by atoms with Gasteiger partial charge in [-0.25, -0.2) is 4.98 Å². The molecule has 0 unspecified atom stereocenters. The predicted octanol–water partition coefficient (Wildman–Crippen LogP) is 4.43. The van der Waals surface area contributed by atoms with Crippen molar-refractivity contribution in [3.8, 4) is 11.5 Å². The van der Waals surface area contributed by atoms with Crippen molar-refractivity contribution in [2.75, 3.05) is 25.1 Å². The van der Waals surface area contributed by atoms with Gasteiger partial charge >= 0.3 is 0 Å². The Morgan fingerprint density at radius 2 is 1.73 bits per heavy atom. The van der Waals surface area contributed by atoms with E-state index in [1.807, 2.05) is 42.6 Å². The smallest absolute Gasteiger partial charge is 0.161 e. The molecule has 1 N–H and O–H groups in total. The molecule has 0 bridgehead atoms. The molecule has 4 rings (SSSR count). The molecule has 1 aliphatic heterocycles. The van der Waals surface area contributed by atoms with E-state index in [1.54, 1.807) is 7.11 Å². The van der Waals surface area contributed by atoms with Crippen molar-refractivity contribution in [3.63, 3.8) is 0 Å². The molecule has 0 radical (unpaired) electrons. The highest BCUT2D eigenvalue weighted by Crippen LogP contribution is 2.29. The van der Waals surface area contributed by atoms with Gasteiger partial charge in [0.25, 0.3) is 0 Å². The maximum absolute atomic E-state index is 6.04. The predicted molar refractivity (Wildman–Crippen MR) is 120 cm³/mol. The Morgan fingerprint density at radius 3 is 2.47 bits per heavy atom. The largest absolute Gasteiger partial charge is 0.493 e. The Balaban J connectivity index is 1.30. The highest BCUT2D eigenvalue weighted by molar-refractivity contribution is 5.43. The fourth-order valence-electron chi connectivity index (χ4n) is 3.79. The van der Waals surface area contributed by atoms with Crippen molar-refractivity contribution >= 4 is 5.82 Å². The maximum Gasteiger partial charge on any atom is 0.161 e. The molecule has 0 saturated carbocycles. The first-order valence-electron chi connectivity index (χ1n) is 10.5. The Labute approximate surface area is 178 Å². The van der Waals surface area contributed by atoms with Crippen molar-refractivity contribution in [2.24, 2.45) is 0 Å². The fourth-order valence-corrected chi connectivity index (χ4v) is 3.79. The van der Waals surface area contributed by atoms with Crippen LogP contribution in [0.2, 0.25) is 0 Å². The highest BCUT2D eigenvalue weighted by Gasteiger charge is 2.19. The summed E-state index contributed by atoms with van der Waals surface area (Å²) < 4.78 is 11.5. The van der Waals surface area contributed by atoms with Crippen LogP contribution in [0, 0.1) is 0 Å². The van der Waals surface area contributed by atoms with Gasteiger partial charge in [-0.2, -0.15) is 0 Å². The molecule has 2 heterocycles. The topological polar surface area (TPSA) is 46.6 Å². The van der Waals surface area contributed by atoms with Crippen molar-refractivity contribution in [3.05, 3.63) is 84.1 Å². The number of hydrogen-bond acceptors (Lipinski definition) is 5. The van der Waals surface area contributed by atoms with E-state index in [1.165, 1.54) is 5.56 Å². The molecule has 5 nitrogen and oxygen atoms in total. The molecule has 1 aliphatic rings. The van der Waals surface area contributed by atoms with Crippen LogP contribution in [0.25, 0.3) is 0 Å². The summed E-state index contributed by atoms with van der Waals surface area (Å²) in [4.78, 5) is 6.83. The number of nitrogens with zero attached hydrogens (tertiary/aromatic N) is 2. The fraction of sp³-hybridized carbons (Fsp3) is 0.320. The van der Waals surface area contributed by atoms with E-state index in [0.29, 0.717) is 12.6 Å². The maximum atomic E-state index is 6.04. The van der Waals surface area contributed by atoms with Gasteiger partial charge in [-0.1, -0.05) is 42.5 Å². The van der Waals surface area contributed by atoms with Crippen LogP contribution >= 0.6 is 0 Å². The van der Waals surface area contributed by atoms with E-state index >= 15 is 0 Å². The minimum atomic E-state index is 0.515. The number of hydrogen-bond donors (Lipinski definition) is 1. The third-order valence-corrected chi connectivity index (χ3v) is 5.53. The van der Waals surface area contributed by atoms with Crippen molar-refractivity contribution in [1.82, 2.24) is 10.3 Å². The van der Waals surface area contributed by atoms with Crippen LogP contribution in [0.15, 0.2) is 72.9 Å². The number of piperidine rings is 1. The van der Waals surface area contributed by atoms with Crippen LogP contribution in [-0.4, -0.2) is 31.2 Å². The molecule has 0 amide bonds. The van der Waals surface area contributed by atoms with Gasteiger partial charge in [0.15, 0.2) is 11.5 Å². The second kappa shape index (κ2) is 10.1. The van der Waals surface area contributed by atoms with Gasteiger partial charge in [-0.05, 0) is 48.2 Å². The summed E-state index contributed by atoms with van der Waals surface area (Å²) >= 11 is 0. The van der Waals surface area contributed by atoms with Crippen LogP contribution < -0.4 is 19.7 Å². The SMILES string of the molecule is COc1ccc(CNC2CCN(c3ccccn3)CC2)cc1OCc1ccccc1. The summed E-state index contributed by atoms with van der Waals surface area (Å²) in [5.74, 6) is 2.62. The zero-order valence-electron chi connectivity index (χ0n) is 17.5. The van der Waals surface area contributed by atoms with Crippen LogP contribution in [0.3, 0.4) is 0 Å². The monoisotopic (exact) mass is 403 g/mol. The number of pyridine rings is 1. The summed E-state index contributed by atoms with van der Waals surface area (Å²) in [7, 11) is 1.68. The Morgan fingerprint density at radius 1 is 0.933 bits per heavy atom. The summed E-state index contributed by atoms with van der Waals surface area (Å²) in [6.45, 7) is 3.41. The number of benzene rings is 2. The molecule has 1 aromatic heterocycles. The molecule has 156 valence electrons. The summed E-state index contributed by atoms with van der Waals surface area (Å²) in [6, 6.07) is 23.0. The standard InChI is InChI=1S/C25H29N3O2/c1-29-23-11-10-21(17-24(23)30-19-20-7-3-2-4-8-20)18-27-22-12-15-28(16-13-22)25-9-5-6-14-26-25/h2-11,14,17,22,27H,12-13,15-16,18-19H2,1H3. The molecular formula is C25H29N3O2. The number of nitrogens with one attached hydrogen (secondary N) is 1. The van der Waals surface area contributed by atoms with Crippen molar-refractivity contribution < 1.29 is 9.47 Å². The third-order valence-electron chi connectivity index (χ3n) is 5.53. The number of anilines is 1. The van der Waals surface area contributed by atoms with E-state index in [4.69, 9.17) is 9.47 Å². The van der Waals surface area contributed by atoms with Gasteiger partial charge in [0.1, 0.15) is 12.4 Å². The molecule has 2 aromatic carbocycles. The first-order chi connectivity index (χ1) is 14.8. The van der Waals surface area contributed by atoms with E-state index in [0.717, 1.165) is 55.4 Å². The average molecular weight is 404 g/mol. The lowest BCUT2D eigenvalue weighted by Crippen LogP contribution is -2.42. The van der Waals surface area contributed by atoms with Gasteiger partial charge < -0.3 is 19.7 Å². The van der Waals surface area contributed by atoms with Gasteiger partial charge in [0.2, 0.25) is 0 Å². The van der Waals surface area contributed by atoms with Gasteiger partial charge in [-0.15, -0.1) is 0 Å². The quantitative estimate of drug-likeness (QED) is 0.603. The zero-order chi connectivity index (χ0) is 20.6. The van der Waals surface area contributed by atoms with E-state index in [9.17, 15) is 0 Å². The Kier molecular flexibility index (Phi) is 6.83. The van der Waals surface area contributed by atoms with Gasteiger partial charge in [-0.3, -0.25) is 0 Å². The lowest BCUT2D eigenvalue weighted by Gasteiger charge is -2.33. The lowest BCUT2D eigenvalue weighted by molar-refractivity contribution is 0.284. The molecule has 0 aliphatic carbocycles. The molecule has 30 heavy (non-hydrogen) atoms. The van der Waals surface area contributed by atoms with E-state index < -0.39 is 0 Å². The van der Waals surface area contributed by atoms with Crippen molar-refractivity contribution in [2.45, 2.75) is 32.0 Å². The van der Waals surface area contributed by atoms with Crippen molar-refractivity contribution in [1.29, 1.82) is 0 Å². The number of ether oxygens (including phenoxy) is 2. The van der Waals surface area contributed by atoms with Crippen LogP contribution in [0.4, 0.5) is 5.82 Å². The van der Waals surface area contributed by atoms with Gasteiger partial charge in [0.05, 0.1) is 7.11 Å². The molecule has 0 atom stereocenters. The second-order valence-corrected chi connectivity index (χ2v) is 7.59. The third kappa shape index (κ3) is 5.30. The van der Waals surface area contributed by atoms with Crippen LogP contribution in [0.5, 0.6) is 11.5 Å². The van der Waals surface area contributed by atoms with E-state index in [2.05, 4.69) is 45.5 Å². The zero-order valence-corrected chi connectivity index (χ0v) is 17.5. The van der Waals surface area contributed by atoms with E-state index in [-0.39, 0.29) is 0 Å². The van der Waals surface area contributed by atoms with Crippen LogP contribution in [-0.2, 0) is 13.2 Å². The summed E-state index contributed by atoms with van der Waals surface area (Å²) in [6.07, 6.45) is 4.09. The average Bonchev–Trinajstić information content (AvgIpc) is 2.83. The normalized spacial score (nSPS) is 14.5. The molecule has 1 saturated heterocycles. The molecule has 1 fully saturated rings. The molecule has 5 heteroatoms. The van der Waals surface area contributed by atoms with Crippen LogP contribution in [0.1, 0.15) is 24.0 Å². The molecule has 3 aromatic rings. The summed E-state index contributed by atoms with van der Waals surface area (Å²) in [5.41, 5.74) is 2.34. The number of rotatable bonds is 8. The first-order valence-corrected chi connectivity index (χ1v) is 10.5. The Hall–Kier alpha value is -3.05. The second-order valence-electron chi connectivity index (χ2n) is 7.59. The Bertz CT molecular complexity index is 910. The number of methoxy groups -OCH3 is 1. The summed E-state index contributed by atoms with van der Waals surface area (Å²) in [5, 5.41) is 3.70. The highest BCUT2D eigenvalue weighted by atomic mass is 16.5. The minimum Gasteiger partial charge on any atom is -0.493 e. The van der Waals surface area contributed by atoms with Gasteiger partial charge in [0, 0.05) is 31.9 Å².